The van der Waals surface area contributed by atoms with E-state index in [0.717, 1.165) is 89.9 Å². The van der Waals surface area contributed by atoms with Gasteiger partial charge in [0, 0.05) is 19.3 Å². The van der Waals surface area contributed by atoms with E-state index in [4.69, 9.17) is 14.2 Å². The molecule has 0 radical (unpaired) electrons. The molecule has 408 valence electrons. The molecule has 0 heterocycles. The lowest BCUT2D eigenvalue weighted by Gasteiger charge is -2.18. The van der Waals surface area contributed by atoms with E-state index in [2.05, 4.69) is 81.5 Å². The number of hydrogen-bond acceptors (Lipinski definition) is 6. The van der Waals surface area contributed by atoms with E-state index in [1.807, 2.05) is 24.3 Å². The van der Waals surface area contributed by atoms with Gasteiger partial charge < -0.3 is 14.2 Å². The SMILES string of the molecule is CCC\C=C/C=C\C=C/C=C\C=C/CCCCCCCC(=O)OC(COC(=O)CCCCCCC/C=C\CCCCCCCCC)COC(=O)CCCCCCCCC/C=C\CCCCCCCCCC. The van der Waals surface area contributed by atoms with Crippen molar-refractivity contribution >= 4 is 17.9 Å². The zero-order valence-corrected chi connectivity index (χ0v) is 46.7. The van der Waals surface area contributed by atoms with Crippen molar-refractivity contribution in [3.05, 3.63) is 85.1 Å². The summed E-state index contributed by atoms with van der Waals surface area (Å²) < 4.78 is 16.9. The maximum atomic E-state index is 12.9. The highest BCUT2D eigenvalue weighted by Crippen LogP contribution is 2.15. The molecule has 1 atom stereocenters. The van der Waals surface area contributed by atoms with Gasteiger partial charge in [0.15, 0.2) is 6.10 Å². The van der Waals surface area contributed by atoms with Gasteiger partial charge in [0.2, 0.25) is 0 Å². The predicted octanol–water partition coefficient (Wildman–Crippen LogP) is 20.3. The van der Waals surface area contributed by atoms with Crippen LogP contribution < -0.4 is 0 Å². The molecule has 0 N–H and O–H groups in total. The highest BCUT2D eigenvalue weighted by Gasteiger charge is 2.19. The van der Waals surface area contributed by atoms with Crippen LogP contribution in [0, 0.1) is 0 Å². The first-order valence-electron chi connectivity index (χ1n) is 30.2. The van der Waals surface area contributed by atoms with Crippen molar-refractivity contribution in [1.82, 2.24) is 0 Å². The lowest BCUT2D eigenvalue weighted by molar-refractivity contribution is -0.167. The molecule has 0 spiro atoms. The number of unbranched alkanes of at least 4 members (excludes halogenated alkanes) is 33. The molecular formula is C65H112O6. The molecule has 0 aromatic rings. The van der Waals surface area contributed by atoms with Gasteiger partial charge in [-0.05, 0) is 89.9 Å². The Hall–Kier alpha value is -3.41. The van der Waals surface area contributed by atoms with Gasteiger partial charge in [0.1, 0.15) is 13.2 Å². The van der Waals surface area contributed by atoms with Crippen LogP contribution in [0.5, 0.6) is 0 Å². The van der Waals surface area contributed by atoms with Crippen molar-refractivity contribution in [3.63, 3.8) is 0 Å². The first-order valence-corrected chi connectivity index (χ1v) is 30.2. The van der Waals surface area contributed by atoms with Gasteiger partial charge in [0.05, 0.1) is 0 Å². The second-order valence-electron chi connectivity index (χ2n) is 20.0. The molecule has 1 unspecified atom stereocenters. The van der Waals surface area contributed by atoms with Crippen LogP contribution in [0.1, 0.15) is 290 Å². The maximum Gasteiger partial charge on any atom is 0.306 e. The molecule has 0 aliphatic rings. The Labute approximate surface area is 439 Å². The van der Waals surface area contributed by atoms with E-state index < -0.39 is 6.10 Å². The van der Waals surface area contributed by atoms with E-state index >= 15 is 0 Å². The Bertz CT molecular complexity index is 1370. The van der Waals surface area contributed by atoms with E-state index in [9.17, 15) is 14.4 Å². The lowest BCUT2D eigenvalue weighted by atomic mass is 10.1. The minimum atomic E-state index is -0.797. The molecule has 0 rings (SSSR count). The normalized spacial score (nSPS) is 12.7. The van der Waals surface area contributed by atoms with Gasteiger partial charge in [-0.15, -0.1) is 0 Å². The van der Waals surface area contributed by atoms with Crippen LogP contribution >= 0.6 is 0 Å². The van der Waals surface area contributed by atoms with Crippen LogP contribution in [0.15, 0.2) is 85.1 Å². The van der Waals surface area contributed by atoms with Gasteiger partial charge in [0.25, 0.3) is 0 Å². The van der Waals surface area contributed by atoms with Crippen molar-refractivity contribution in [1.29, 1.82) is 0 Å². The lowest BCUT2D eigenvalue weighted by Crippen LogP contribution is -2.30. The van der Waals surface area contributed by atoms with Crippen LogP contribution in [0.4, 0.5) is 0 Å². The smallest absolute Gasteiger partial charge is 0.306 e. The number of allylic oxidation sites excluding steroid dienone is 14. The van der Waals surface area contributed by atoms with Gasteiger partial charge in [-0.3, -0.25) is 14.4 Å². The highest BCUT2D eigenvalue weighted by atomic mass is 16.6. The quantitative estimate of drug-likeness (QED) is 0.0199. The number of carbonyl (C=O) groups excluding carboxylic acids is 3. The summed E-state index contributed by atoms with van der Waals surface area (Å²) in [7, 11) is 0. The molecular weight excluding hydrogens is 877 g/mol. The standard InChI is InChI=1S/C65H112O6/c1-4-7-10-13-16-19-22-25-28-31-33-35-37-40-43-46-49-52-55-58-64(67)70-61-62(60-69-63(66)57-54-51-48-45-42-39-36-30-27-24-21-18-15-12-9-6-3)71-65(68)59-56-53-50-47-44-41-38-34-32-29-26-23-20-17-14-11-8-5-2/h11,14,17,20,23,26,29-34,36,38,62H,4-10,12-13,15-16,18-19,21-22,24-25,27-28,35,37,39-61H2,1-3H3/b14-11-,20-17-,26-23-,32-29-,33-31-,36-30-,38-34-. The summed E-state index contributed by atoms with van der Waals surface area (Å²) in [6.07, 6.45) is 77.1. The number of rotatable bonds is 54. The molecule has 6 heteroatoms. The van der Waals surface area contributed by atoms with Crippen LogP contribution in [0.3, 0.4) is 0 Å². The number of esters is 3. The third-order valence-electron chi connectivity index (χ3n) is 13.0. The van der Waals surface area contributed by atoms with Gasteiger partial charge in [-0.25, -0.2) is 0 Å². The summed E-state index contributed by atoms with van der Waals surface area (Å²) >= 11 is 0. The van der Waals surface area contributed by atoms with E-state index in [-0.39, 0.29) is 31.1 Å². The summed E-state index contributed by atoms with van der Waals surface area (Å²) in [6, 6.07) is 0. The zero-order valence-electron chi connectivity index (χ0n) is 46.7. The largest absolute Gasteiger partial charge is 0.462 e. The van der Waals surface area contributed by atoms with E-state index in [1.165, 1.54) is 161 Å². The molecule has 0 aliphatic heterocycles. The first kappa shape index (κ1) is 67.6. The first-order chi connectivity index (χ1) is 35.0. The Kier molecular flexibility index (Phi) is 56.3. The van der Waals surface area contributed by atoms with Crippen LogP contribution in [0.25, 0.3) is 0 Å². The number of carbonyl (C=O) groups is 3. The summed E-state index contributed by atoms with van der Waals surface area (Å²) in [5.41, 5.74) is 0. The van der Waals surface area contributed by atoms with Gasteiger partial charge in [-0.2, -0.15) is 0 Å². The molecule has 0 aliphatic carbocycles. The monoisotopic (exact) mass is 989 g/mol. The summed E-state index contributed by atoms with van der Waals surface area (Å²) in [4.78, 5) is 38.2. The average Bonchev–Trinajstić information content (AvgIpc) is 3.37. The van der Waals surface area contributed by atoms with Crippen molar-refractivity contribution in [2.75, 3.05) is 13.2 Å². The van der Waals surface area contributed by atoms with Crippen molar-refractivity contribution in [3.8, 4) is 0 Å². The second kappa shape index (κ2) is 59.2. The summed E-state index contributed by atoms with van der Waals surface area (Å²) in [5, 5.41) is 0. The molecule has 0 fully saturated rings. The fourth-order valence-corrected chi connectivity index (χ4v) is 8.40. The highest BCUT2D eigenvalue weighted by molar-refractivity contribution is 5.71. The van der Waals surface area contributed by atoms with Crippen LogP contribution in [0.2, 0.25) is 0 Å². The minimum Gasteiger partial charge on any atom is -0.462 e. The Morgan fingerprint density at radius 1 is 0.282 bits per heavy atom. The second-order valence-corrected chi connectivity index (χ2v) is 20.0. The summed E-state index contributed by atoms with van der Waals surface area (Å²) in [5.74, 6) is -0.921. The van der Waals surface area contributed by atoms with Crippen molar-refractivity contribution in [2.45, 2.75) is 297 Å². The molecule has 0 amide bonds. The molecule has 0 saturated carbocycles. The molecule has 0 saturated heterocycles. The fourth-order valence-electron chi connectivity index (χ4n) is 8.40. The van der Waals surface area contributed by atoms with E-state index in [1.54, 1.807) is 0 Å². The van der Waals surface area contributed by atoms with Crippen molar-refractivity contribution in [2.24, 2.45) is 0 Å². The number of ether oxygens (including phenoxy) is 3. The molecule has 6 nitrogen and oxygen atoms in total. The van der Waals surface area contributed by atoms with Crippen molar-refractivity contribution < 1.29 is 28.6 Å². The van der Waals surface area contributed by atoms with Crippen LogP contribution in [-0.2, 0) is 28.6 Å². The summed E-state index contributed by atoms with van der Waals surface area (Å²) in [6.45, 7) is 6.54. The fraction of sp³-hybridized carbons (Fsp3) is 0.738. The van der Waals surface area contributed by atoms with Gasteiger partial charge in [-0.1, -0.05) is 266 Å². The molecule has 0 bridgehead atoms. The Balaban J connectivity index is 4.45. The number of hydrogen-bond donors (Lipinski definition) is 0. The third kappa shape index (κ3) is 57.4. The zero-order chi connectivity index (χ0) is 51.4. The molecule has 0 aromatic carbocycles. The Morgan fingerprint density at radius 3 is 0.887 bits per heavy atom. The third-order valence-corrected chi connectivity index (χ3v) is 13.0. The predicted molar refractivity (Wildman–Crippen MR) is 307 cm³/mol. The topological polar surface area (TPSA) is 78.9 Å². The molecule has 0 aromatic heterocycles. The average molecular weight is 990 g/mol. The van der Waals surface area contributed by atoms with Crippen LogP contribution in [-0.4, -0.2) is 37.2 Å². The molecule has 71 heavy (non-hydrogen) atoms. The maximum absolute atomic E-state index is 12.9. The van der Waals surface area contributed by atoms with Gasteiger partial charge >= 0.3 is 17.9 Å². The minimum absolute atomic E-state index is 0.0916. The van der Waals surface area contributed by atoms with E-state index in [0.29, 0.717) is 19.3 Å². The Morgan fingerprint density at radius 2 is 0.549 bits per heavy atom.